The van der Waals surface area contributed by atoms with Gasteiger partial charge in [0.25, 0.3) is 0 Å². The number of hydrogen-bond donors (Lipinski definition) is 2. The van der Waals surface area contributed by atoms with Crippen molar-refractivity contribution < 1.29 is 4.39 Å². The van der Waals surface area contributed by atoms with E-state index in [0.29, 0.717) is 5.82 Å². The van der Waals surface area contributed by atoms with Crippen molar-refractivity contribution in [2.45, 2.75) is 0 Å². The Bertz CT molecular complexity index is 689. The lowest BCUT2D eigenvalue weighted by Gasteiger charge is -1.96. The smallest absolute Gasteiger partial charge is 0.129 e. The summed E-state index contributed by atoms with van der Waals surface area (Å²) in [5, 5.41) is 9.15. The van der Waals surface area contributed by atoms with Crippen LogP contribution in [0.1, 0.15) is 0 Å². The van der Waals surface area contributed by atoms with Crippen LogP contribution in [0.2, 0.25) is 0 Å². The number of benzene rings is 1. The van der Waals surface area contributed by atoms with Crippen LogP contribution in [0, 0.1) is 5.82 Å². The van der Waals surface area contributed by atoms with Gasteiger partial charge in [-0.1, -0.05) is 12.1 Å². The zero-order valence-corrected chi connectivity index (χ0v) is 10.0. The highest BCUT2D eigenvalue weighted by Crippen LogP contribution is 2.31. The van der Waals surface area contributed by atoms with E-state index in [2.05, 4.69) is 15.2 Å². The molecule has 3 N–H and O–H groups in total. The molecule has 0 aliphatic carbocycles. The van der Waals surface area contributed by atoms with Gasteiger partial charge in [-0.15, -0.1) is 11.3 Å². The largest absolute Gasteiger partial charge is 0.383 e. The lowest BCUT2D eigenvalue weighted by atomic mass is 10.2. The number of nitrogens with two attached hydrogens (primary N) is 1. The van der Waals surface area contributed by atoms with E-state index in [1.165, 1.54) is 23.5 Å². The highest BCUT2D eigenvalue weighted by atomic mass is 32.1. The second kappa shape index (κ2) is 4.23. The first kappa shape index (κ1) is 10.9. The number of thiazole rings is 1. The molecule has 0 saturated carbocycles. The van der Waals surface area contributed by atoms with Crippen molar-refractivity contribution in [3.05, 3.63) is 41.7 Å². The summed E-state index contributed by atoms with van der Waals surface area (Å²) in [5.74, 6) is 0.208. The van der Waals surface area contributed by atoms with Crippen molar-refractivity contribution >= 4 is 17.2 Å². The van der Waals surface area contributed by atoms with Crippen LogP contribution in [0.5, 0.6) is 0 Å². The molecule has 4 nitrogen and oxygen atoms in total. The summed E-state index contributed by atoms with van der Waals surface area (Å²) in [6.45, 7) is 0. The first-order valence-electron chi connectivity index (χ1n) is 5.25. The van der Waals surface area contributed by atoms with Crippen molar-refractivity contribution in [3.8, 4) is 21.8 Å². The van der Waals surface area contributed by atoms with Crippen LogP contribution < -0.4 is 5.73 Å². The summed E-state index contributed by atoms with van der Waals surface area (Å²) in [7, 11) is 0. The number of aromatic nitrogens is 3. The average molecular weight is 260 g/mol. The van der Waals surface area contributed by atoms with Crippen molar-refractivity contribution in [2.24, 2.45) is 0 Å². The number of nitrogens with zero attached hydrogens (tertiary/aromatic N) is 2. The van der Waals surface area contributed by atoms with Gasteiger partial charge in [-0.2, -0.15) is 5.10 Å². The van der Waals surface area contributed by atoms with Gasteiger partial charge < -0.3 is 5.73 Å². The van der Waals surface area contributed by atoms with Crippen LogP contribution in [0.3, 0.4) is 0 Å². The highest BCUT2D eigenvalue weighted by molar-refractivity contribution is 7.13. The molecular weight excluding hydrogens is 251 g/mol. The molecule has 0 unspecified atom stereocenters. The van der Waals surface area contributed by atoms with E-state index in [0.717, 1.165) is 21.8 Å². The maximum absolute atomic E-state index is 13.1. The summed E-state index contributed by atoms with van der Waals surface area (Å²) in [4.78, 5) is 4.44. The summed E-state index contributed by atoms with van der Waals surface area (Å²) < 4.78 is 13.1. The lowest BCUT2D eigenvalue weighted by Crippen LogP contribution is -1.87. The Balaban J connectivity index is 2.02. The molecule has 90 valence electrons. The van der Waals surface area contributed by atoms with Crippen molar-refractivity contribution in [1.82, 2.24) is 15.2 Å². The fourth-order valence-electron chi connectivity index (χ4n) is 1.64. The number of aromatic amines is 1. The molecule has 6 heteroatoms. The second-order valence-corrected chi connectivity index (χ2v) is 4.60. The van der Waals surface area contributed by atoms with Crippen molar-refractivity contribution in [1.29, 1.82) is 0 Å². The Morgan fingerprint density at radius 2 is 2.22 bits per heavy atom. The maximum Gasteiger partial charge on any atom is 0.129 e. The van der Waals surface area contributed by atoms with E-state index < -0.39 is 0 Å². The fraction of sp³-hybridized carbons (Fsp3) is 0. The molecule has 0 atom stereocenters. The van der Waals surface area contributed by atoms with Crippen LogP contribution in [0.25, 0.3) is 21.8 Å². The molecule has 3 aromatic rings. The molecule has 18 heavy (non-hydrogen) atoms. The summed E-state index contributed by atoms with van der Waals surface area (Å²) >= 11 is 1.45. The SMILES string of the molecule is Nc1[nH]ncc1-c1nc(-c2cccc(F)c2)cs1. The molecule has 2 aromatic heterocycles. The Morgan fingerprint density at radius 1 is 1.33 bits per heavy atom. The Labute approximate surface area is 106 Å². The van der Waals surface area contributed by atoms with Crippen LogP contribution in [-0.2, 0) is 0 Å². The molecule has 0 aliphatic heterocycles. The molecule has 3 rings (SSSR count). The zero-order valence-electron chi connectivity index (χ0n) is 9.22. The third-order valence-electron chi connectivity index (χ3n) is 2.52. The van der Waals surface area contributed by atoms with Crippen LogP contribution in [0.15, 0.2) is 35.8 Å². The molecular formula is C12H9FN4S. The normalized spacial score (nSPS) is 10.7. The van der Waals surface area contributed by atoms with Crippen LogP contribution >= 0.6 is 11.3 Å². The predicted octanol–water partition coefficient (Wildman–Crippen LogP) is 2.92. The number of hydrogen-bond acceptors (Lipinski definition) is 4. The van der Waals surface area contributed by atoms with E-state index in [1.54, 1.807) is 12.3 Å². The molecule has 0 saturated heterocycles. The zero-order chi connectivity index (χ0) is 12.5. The van der Waals surface area contributed by atoms with E-state index in [1.807, 2.05) is 11.4 Å². The topological polar surface area (TPSA) is 67.6 Å². The third-order valence-corrected chi connectivity index (χ3v) is 3.40. The molecule has 0 amide bonds. The number of nitrogens with one attached hydrogen (secondary N) is 1. The first-order chi connectivity index (χ1) is 8.74. The van der Waals surface area contributed by atoms with Crippen LogP contribution in [-0.4, -0.2) is 15.2 Å². The van der Waals surface area contributed by atoms with Gasteiger partial charge in [-0.25, -0.2) is 9.37 Å². The predicted molar refractivity (Wildman–Crippen MR) is 69.5 cm³/mol. The van der Waals surface area contributed by atoms with E-state index in [4.69, 9.17) is 5.73 Å². The number of anilines is 1. The minimum absolute atomic E-state index is 0.273. The number of halogens is 1. The minimum atomic E-state index is -0.273. The monoisotopic (exact) mass is 260 g/mol. The van der Waals surface area contributed by atoms with Crippen molar-refractivity contribution in [2.75, 3.05) is 5.73 Å². The molecule has 0 radical (unpaired) electrons. The number of nitrogen functional groups attached to an aromatic ring is 1. The van der Waals surface area contributed by atoms with E-state index in [9.17, 15) is 4.39 Å². The Hall–Kier alpha value is -2.21. The van der Waals surface area contributed by atoms with Crippen LogP contribution in [0.4, 0.5) is 10.2 Å². The quantitative estimate of drug-likeness (QED) is 0.744. The lowest BCUT2D eigenvalue weighted by molar-refractivity contribution is 0.628. The molecule has 0 aliphatic rings. The maximum atomic E-state index is 13.1. The van der Waals surface area contributed by atoms with Gasteiger partial charge in [0.05, 0.1) is 17.5 Å². The molecule has 0 bridgehead atoms. The van der Waals surface area contributed by atoms with Gasteiger partial charge in [0, 0.05) is 10.9 Å². The van der Waals surface area contributed by atoms with Gasteiger partial charge >= 0.3 is 0 Å². The summed E-state index contributed by atoms with van der Waals surface area (Å²) in [6.07, 6.45) is 1.63. The molecule has 1 aromatic carbocycles. The number of rotatable bonds is 2. The molecule has 0 spiro atoms. The Kier molecular flexibility index (Phi) is 2.56. The summed E-state index contributed by atoms with van der Waals surface area (Å²) in [5.41, 5.74) is 7.98. The first-order valence-corrected chi connectivity index (χ1v) is 6.12. The number of H-pyrrole nitrogens is 1. The summed E-state index contributed by atoms with van der Waals surface area (Å²) in [6, 6.07) is 6.35. The van der Waals surface area contributed by atoms with E-state index >= 15 is 0 Å². The Morgan fingerprint density at radius 3 is 2.94 bits per heavy atom. The van der Waals surface area contributed by atoms with Gasteiger partial charge in [0.1, 0.15) is 16.6 Å². The third kappa shape index (κ3) is 1.86. The average Bonchev–Trinajstić information content (AvgIpc) is 2.97. The van der Waals surface area contributed by atoms with Gasteiger partial charge in [0.15, 0.2) is 0 Å². The fourth-order valence-corrected chi connectivity index (χ4v) is 2.50. The second-order valence-electron chi connectivity index (χ2n) is 3.75. The highest BCUT2D eigenvalue weighted by Gasteiger charge is 2.10. The minimum Gasteiger partial charge on any atom is -0.383 e. The molecule has 0 fully saturated rings. The van der Waals surface area contributed by atoms with E-state index in [-0.39, 0.29) is 5.82 Å². The molecule has 2 heterocycles. The van der Waals surface area contributed by atoms with Gasteiger partial charge in [-0.05, 0) is 12.1 Å². The van der Waals surface area contributed by atoms with Crippen molar-refractivity contribution in [3.63, 3.8) is 0 Å². The standard InChI is InChI=1S/C12H9FN4S/c13-8-3-1-2-7(4-8)10-6-18-12(16-10)9-5-15-17-11(9)14/h1-6H,(H3,14,15,17). The van der Waals surface area contributed by atoms with Gasteiger partial charge in [-0.3, -0.25) is 5.10 Å². The van der Waals surface area contributed by atoms with Gasteiger partial charge in [0.2, 0.25) is 0 Å².